The molecule has 7 heteroatoms. The van der Waals surface area contributed by atoms with E-state index in [-0.39, 0.29) is 25.4 Å². The number of aromatic nitrogens is 2. The Balaban J connectivity index is 2.09. The summed E-state index contributed by atoms with van der Waals surface area (Å²) < 4.78 is 1.60. The van der Waals surface area contributed by atoms with Gasteiger partial charge in [0.2, 0.25) is 5.91 Å². The van der Waals surface area contributed by atoms with Crippen LogP contribution in [0, 0.1) is 0 Å². The van der Waals surface area contributed by atoms with E-state index in [0.29, 0.717) is 5.02 Å². The van der Waals surface area contributed by atoms with Crippen molar-refractivity contribution in [3.63, 3.8) is 0 Å². The average Bonchev–Trinajstić information content (AvgIpc) is 2.85. The molecule has 22 heavy (non-hydrogen) atoms. The van der Waals surface area contributed by atoms with Gasteiger partial charge in [-0.1, -0.05) is 23.7 Å². The minimum Gasteiger partial charge on any atom is -0.480 e. The van der Waals surface area contributed by atoms with Gasteiger partial charge in [0, 0.05) is 24.8 Å². The van der Waals surface area contributed by atoms with E-state index >= 15 is 0 Å². The third kappa shape index (κ3) is 4.60. The number of carbonyl (C=O) groups is 2. The van der Waals surface area contributed by atoms with Crippen LogP contribution in [0.3, 0.4) is 0 Å². The number of nitrogens with zero attached hydrogens (tertiary/aromatic N) is 3. The summed E-state index contributed by atoms with van der Waals surface area (Å²) in [6.45, 7) is -0.121. The molecule has 0 radical (unpaired) electrons. The first-order valence-corrected chi connectivity index (χ1v) is 7.03. The Morgan fingerprint density at radius 1 is 1.27 bits per heavy atom. The Morgan fingerprint density at radius 2 is 1.95 bits per heavy atom. The largest absolute Gasteiger partial charge is 0.480 e. The summed E-state index contributed by atoms with van der Waals surface area (Å²) in [5.41, 5.74) is 1.57. The summed E-state index contributed by atoms with van der Waals surface area (Å²) >= 11 is 5.82. The van der Waals surface area contributed by atoms with Gasteiger partial charge in [-0.15, -0.1) is 0 Å². The van der Waals surface area contributed by atoms with E-state index in [0.717, 1.165) is 11.1 Å². The molecule has 1 aromatic heterocycles. The maximum absolute atomic E-state index is 12.3. The van der Waals surface area contributed by atoms with Gasteiger partial charge in [-0.2, -0.15) is 5.10 Å². The fourth-order valence-electron chi connectivity index (χ4n) is 2.06. The highest BCUT2D eigenvalue weighted by molar-refractivity contribution is 6.30. The van der Waals surface area contributed by atoms with Crippen molar-refractivity contribution in [2.45, 2.75) is 13.0 Å². The lowest BCUT2D eigenvalue weighted by molar-refractivity contribution is -0.144. The molecule has 0 aliphatic carbocycles. The molecule has 0 spiro atoms. The molecule has 1 N–H and O–H groups in total. The summed E-state index contributed by atoms with van der Waals surface area (Å²) in [5, 5.41) is 13.6. The summed E-state index contributed by atoms with van der Waals surface area (Å²) in [6.07, 6.45) is 3.45. The monoisotopic (exact) mass is 321 g/mol. The number of hydrogen-bond acceptors (Lipinski definition) is 3. The Kier molecular flexibility index (Phi) is 5.16. The molecule has 0 aliphatic heterocycles. The summed E-state index contributed by atoms with van der Waals surface area (Å²) in [6, 6.07) is 6.96. The number of hydrogen-bond donors (Lipinski definition) is 1. The van der Waals surface area contributed by atoms with Gasteiger partial charge in [0.15, 0.2) is 0 Å². The van der Waals surface area contributed by atoms with Crippen molar-refractivity contribution in [1.29, 1.82) is 0 Å². The van der Waals surface area contributed by atoms with Crippen molar-refractivity contribution in [1.82, 2.24) is 14.7 Å². The first kappa shape index (κ1) is 16.0. The predicted octanol–water partition coefficient (Wildman–Crippen LogP) is 1.73. The van der Waals surface area contributed by atoms with E-state index in [9.17, 15) is 9.59 Å². The zero-order valence-corrected chi connectivity index (χ0v) is 12.8. The highest BCUT2D eigenvalue weighted by atomic mass is 35.5. The molecular formula is C15H16ClN3O3. The molecular weight excluding hydrogens is 306 g/mol. The number of carboxylic acids is 1. The number of rotatable bonds is 6. The molecule has 0 aliphatic rings. The van der Waals surface area contributed by atoms with E-state index < -0.39 is 5.97 Å². The van der Waals surface area contributed by atoms with Crippen molar-refractivity contribution in [3.05, 3.63) is 52.8 Å². The number of carboxylic acid groups (broad SMARTS) is 1. The van der Waals surface area contributed by atoms with Gasteiger partial charge in [-0.3, -0.25) is 14.3 Å². The fourth-order valence-corrected chi connectivity index (χ4v) is 2.18. The molecule has 0 atom stereocenters. The van der Waals surface area contributed by atoms with Crippen LogP contribution in [0.25, 0.3) is 0 Å². The van der Waals surface area contributed by atoms with Gasteiger partial charge in [0.05, 0.1) is 12.6 Å². The first-order chi connectivity index (χ1) is 10.4. The number of amides is 1. The molecule has 0 fully saturated rings. The minimum absolute atomic E-state index is 0.120. The third-order valence-corrected chi connectivity index (χ3v) is 3.33. The van der Waals surface area contributed by atoms with Crippen LogP contribution >= 0.6 is 11.6 Å². The molecule has 1 heterocycles. The Morgan fingerprint density at radius 3 is 2.50 bits per heavy atom. The highest BCUT2D eigenvalue weighted by Gasteiger charge is 2.18. The smallest absolute Gasteiger partial charge is 0.323 e. The highest BCUT2D eigenvalue weighted by Crippen LogP contribution is 2.12. The summed E-state index contributed by atoms with van der Waals surface area (Å²) in [4.78, 5) is 24.6. The molecule has 6 nitrogen and oxygen atoms in total. The van der Waals surface area contributed by atoms with Gasteiger partial charge in [-0.05, 0) is 23.3 Å². The van der Waals surface area contributed by atoms with Crippen LogP contribution in [0.1, 0.15) is 11.1 Å². The number of aryl methyl sites for hydroxylation is 1. The lowest BCUT2D eigenvalue weighted by Crippen LogP contribution is -2.36. The summed E-state index contributed by atoms with van der Waals surface area (Å²) in [7, 11) is 1.76. The van der Waals surface area contributed by atoms with Crippen LogP contribution in [0.15, 0.2) is 36.7 Å². The van der Waals surface area contributed by atoms with Crippen LogP contribution in [0.4, 0.5) is 0 Å². The molecule has 2 aromatic rings. The summed E-state index contributed by atoms with van der Waals surface area (Å²) in [5.74, 6) is -1.31. The van der Waals surface area contributed by atoms with Gasteiger partial charge < -0.3 is 10.0 Å². The standard InChI is InChI=1S/C15H16ClN3O3/c1-18-8-12(7-17-18)6-14(20)19(10-15(21)22)9-11-2-4-13(16)5-3-11/h2-5,7-8H,6,9-10H2,1H3,(H,21,22). The van der Waals surface area contributed by atoms with Crippen molar-refractivity contribution >= 4 is 23.5 Å². The van der Waals surface area contributed by atoms with Crippen molar-refractivity contribution in [3.8, 4) is 0 Å². The Bertz CT molecular complexity index is 667. The molecule has 0 unspecified atom stereocenters. The Hall–Kier alpha value is -2.34. The zero-order valence-electron chi connectivity index (χ0n) is 12.1. The van der Waals surface area contributed by atoms with Gasteiger partial charge in [0.25, 0.3) is 0 Å². The predicted molar refractivity (Wildman–Crippen MR) is 81.4 cm³/mol. The molecule has 116 valence electrons. The van der Waals surface area contributed by atoms with Gasteiger partial charge in [0.1, 0.15) is 6.54 Å². The van der Waals surface area contributed by atoms with Crippen LogP contribution in [-0.2, 0) is 29.6 Å². The van der Waals surface area contributed by atoms with E-state index in [1.54, 1.807) is 48.4 Å². The zero-order chi connectivity index (χ0) is 16.1. The van der Waals surface area contributed by atoms with Gasteiger partial charge in [-0.25, -0.2) is 0 Å². The molecule has 0 saturated heterocycles. The molecule has 0 saturated carbocycles. The van der Waals surface area contributed by atoms with E-state index in [4.69, 9.17) is 16.7 Å². The molecule has 0 bridgehead atoms. The number of halogens is 1. The third-order valence-electron chi connectivity index (χ3n) is 3.08. The number of aliphatic carboxylic acids is 1. The second-order valence-electron chi connectivity index (χ2n) is 4.97. The molecule has 1 aromatic carbocycles. The van der Waals surface area contributed by atoms with Crippen LogP contribution in [0.5, 0.6) is 0 Å². The first-order valence-electron chi connectivity index (χ1n) is 6.65. The van der Waals surface area contributed by atoms with Crippen LogP contribution in [-0.4, -0.2) is 38.2 Å². The van der Waals surface area contributed by atoms with Crippen LogP contribution in [0.2, 0.25) is 5.02 Å². The fraction of sp³-hybridized carbons (Fsp3) is 0.267. The maximum atomic E-state index is 12.3. The quantitative estimate of drug-likeness (QED) is 0.879. The average molecular weight is 322 g/mol. The second-order valence-corrected chi connectivity index (χ2v) is 5.41. The van der Waals surface area contributed by atoms with Crippen molar-refractivity contribution in [2.24, 2.45) is 7.05 Å². The normalized spacial score (nSPS) is 10.5. The topological polar surface area (TPSA) is 75.4 Å². The molecule has 2 rings (SSSR count). The number of carbonyl (C=O) groups excluding carboxylic acids is 1. The second kappa shape index (κ2) is 7.09. The SMILES string of the molecule is Cn1cc(CC(=O)N(CC(=O)O)Cc2ccc(Cl)cc2)cn1. The van der Waals surface area contributed by atoms with Crippen molar-refractivity contribution in [2.75, 3.05) is 6.54 Å². The lowest BCUT2D eigenvalue weighted by Gasteiger charge is -2.20. The van der Waals surface area contributed by atoms with Crippen LogP contribution < -0.4 is 0 Å². The van der Waals surface area contributed by atoms with E-state index in [1.807, 2.05) is 0 Å². The molecule has 1 amide bonds. The number of benzene rings is 1. The van der Waals surface area contributed by atoms with E-state index in [1.165, 1.54) is 4.90 Å². The lowest BCUT2D eigenvalue weighted by atomic mass is 10.2. The van der Waals surface area contributed by atoms with Crippen molar-refractivity contribution < 1.29 is 14.7 Å². The van der Waals surface area contributed by atoms with Gasteiger partial charge >= 0.3 is 5.97 Å². The minimum atomic E-state index is -1.05. The Labute approximate surface area is 132 Å². The maximum Gasteiger partial charge on any atom is 0.323 e. The van der Waals surface area contributed by atoms with E-state index in [2.05, 4.69) is 5.10 Å².